The summed E-state index contributed by atoms with van der Waals surface area (Å²) in [5.74, 6) is 0.0743. The molecule has 0 radical (unpaired) electrons. The predicted octanol–water partition coefficient (Wildman–Crippen LogP) is 1.44. The third-order valence-electron chi connectivity index (χ3n) is 3.81. The summed E-state index contributed by atoms with van der Waals surface area (Å²) in [5, 5.41) is 3.12. The highest BCUT2D eigenvalue weighted by Crippen LogP contribution is 2.26. The Hall–Kier alpha value is -0.610. The second-order valence-electron chi connectivity index (χ2n) is 5.89. The van der Waals surface area contributed by atoms with Gasteiger partial charge in [0, 0.05) is 19.2 Å². The van der Waals surface area contributed by atoms with Crippen molar-refractivity contribution in [3.8, 4) is 0 Å². The smallest absolute Gasteiger partial charge is 0.227 e. The maximum absolute atomic E-state index is 12.2. The minimum atomic E-state index is -0.442. The number of hydrogen-bond donors (Lipinski definition) is 2. The monoisotopic (exact) mass is 242 g/mol. The minimum Gasteiger partial charge on any atom is -0.375 e. The maximum atomic E-state index is 12.2. The molecule has 1 saturated heterocycles. The molecule has 1 rings (SSSR count). The van der Waals surface area contributed by atoms with Crippen molar-refractivity contribution in [2.75, 3.05) is 13.2 Å². The van der Waals surface area contributed by atoms with E-state index in [1.54, 1.807) is 0 Å². The molecule has 0 aromatic heterocycles. The normalized spacial score (nSPS) is 27.2. The van der Waals surface area contributed by atoms with Crippen molar-refractivity contribution in [1.29, 1.82) is 0 Å². The number of carbonyl (C=O) groups is 1. The average Bonchev–Trinajstić information content (AvgIpc) is 2.26. The number of rotatable bonds is 4. The summed E-state index contributed by atoms with van der Waals surface area (Å²) >= 11 is 0. The van der Waals surface area contributed by atoms with Crippen LogP contribution in [0.2, 0.25) is 0 Å². The molecular weight excluding hydrogens is 216 g/mol. The molecule has 4 nitrogen and oxygen atoms in total. The van der Waals surface area contributed by atoms with E-state index in [9.17, 15) is 4.79 Å². The van der Waals surface area contributed by atoms with Crippen LogP contribution in [0.15, 0.2) is 0 Å². The Morgan fingerprint density at radius 1 is 1.59 bits per heavy atom. The third-order valence-corrected chi connectivity index (χ3v) is 3.81. The van der Waals surface area contributed by atoms with E-state index in [2.05, 4.69) is 19.2 Å². The molecule has 1 fully saturated rings. The van der Waals surface area contributed by atoms with Crippen LogP contribution in [0.4, 0.5) is 0 Å². The SMILES string of the molecule is CCC(C)(CN)C(=O)NC1CCOC(C)(C)C1. The van der Waals surface area contributed by atoms with Gasteiger partial charge in [-0.3, -0.25) is 4.79 Å². The van der Waals surface area contributed by atoms with Crippen LogP contribution in [0.1, 0.15) is 47.0 Å². The van der Waals surface area contributed by atoms with Gasteiger partial charge in [0.1, 0.15) is 0 Å². The molecule has 0 bridgehead atoms. The van der Waals surface area contributed by atoms with Gasteiger partial charge in [0.05, 0.1) is 11.0 Å². The van der Waals surface area contributed by atoms with Crippen molar-refractivity contribution in [3.05, 3.63) is 0 Å². The second kappa shape index (κ2) is 5.36. The van der Waals surface area contributed by atoms with E-state index in [4.69, 9.17) is 10.5 Å². The molecule has 0 saturated carbocycles. The zero-order chi connectivity index (χ0) is 13.1. The zero-order valence-corrected chi connectivity index (χ0v) is 11.5. The number of carbonyl (C=O) groups excluding carboxylic acids is 1. The second-order valence-corrected chi connectivity index (χ2v) is 5.89. The lowest BCUT2D eigenvalue weighted by Crippen LogP contribution is -2.51. The van der Waals surface area contributed by atoms with E-state index in [0.29, 0.717) is 13.2 Å². The van der Waals surface area contributed by atoms with E-state index in [0.717, 1.165) is 19.3 Å². The molecule has 0 aromatic carbocycles. The van der Waals surface area contributed by atoms with Crippen LogP contribution in [0.5, 0.6) is 0 Å². The molecular formula is C13H26N2O2. The van der Waals surface area contributed by atoms with E-state index in [-0.39, 0.29) is 17.6 Å². The van der Waals surface area contributed by atoms with Crippen LogP contribution >= 0.6 is 0 Å². The summed E-state index contributed by atoms with van der Waals surface area (Å²) in [4.78, 5) is 12.2. The van der Waals surface area contributed by atoms with Gasteiger partial charge in [0.15, 0.2) is 0 Å². The van der Waals surface area contributed by atoms with Crippen molar-refractivity contribution in [2.45, 2.75) is 58.6 Å². The van der Waals surface area contributed by atoms with Gasteiger partial charge < -0.3 is 15.8 Å². The Morgan fingerprint density at radius 3 is 2.71 bits per heavy atom. The lowest BCUT2D eigenvalue weighted by molar-refractivity contribution is -0.132. The highest BCUT2D eigenvalue weighted by Gasteiger charge is 2.34. The molecule has 0 spiro atoms. The lowest BCUT2D eigenvalue weighted by Gasteiger charge is -2.37. The summed E-state index contributed by atoms with van der Waals surface area (Å²) in [6, 6.07) is 0.212. The van der Waals surface area contributed by atoms with E-state index in [1.807, 2.05) is 13.8 Å². The number of nitrogens with one attached hydrogen (secondary N) is 1. The summed E-state index contributed by atoms with van der Waals surface area (Å²) in [7, 11) is 0. The molecule has 2 atom stereocenters. The Kier molecular flexibility index (Phi) is 4.55. The van der Waals surface area contributed by atoms with Crippen LogP contribution in [-0.2, 0) is 9.53 Å². The Balaban J connectivity index is 2.57. The lowest BCUT2D eigenvalue weighted by atomic mass is 9.85. The summed E-state index contributed by atoms with van der Waals surface area (Å²) < 4.78 is 5.64. The molecule has 0 aromatic rings. The van der Waals surface area contributed by atoms with Gasteiger partial charge in [-0.1, -0.05) is 6.92 Å². The number of nitrogens with two attached hydrogens (primary N) is 1. The third kappa shape index (κ3) is 3.68. The highest BCUT2D eigenvalue weighted by molar-refractivity contribution is 5.82. The number of ether oxygens (including phenoxy) is 1. The van der Waals surface area contributed by atoms with Crippen LogP contribution in [0.3, 0.4) is 0 Å². The Labute approximate surface area is 104 Å². The first-order valence-corrected chi connectivity index (χ1v) is 6.48. The molecule has 1 amide bonds. The highest BCUT2D eigenvalue weighted by atomic mass is 16.5. The van der Waals surface area contributed by atoms with Gasteiger partial charge in [-0.2, -0.15) is 0 Å². The van der Waals surface area contributed by atoms with Crippen LogP contribution in [0.25, 0.3) is 0 Å². The number of amides is 1. The van der Waals surface area contributed by atoms with E-state index in [1.165, 1.54) is 0 Å². The predicted molar refractivity (Wildman–Crippen MR) is 68.6 cm³/mol. The Morgan fingerprint density at radius 2 is 2.24 bits per heavy atom. The molecule has 1 heterocycles. The number of hydrogen-bond acceptors (Lipinski definition) is 3. The summed E-state index contributed by atoms with van der Waals surface area (Å²) in [5.41, 5.74) is 5.11. The topological polar surface area (TPSA) is 64.4 Å². The first kappa shape index (κ1) is 14.5. The maximum Gasteiger partial charge on any atom is 0.227 e. The summed E-state index contributed by atoms with van der Waals surface area (Å²) in [6.45, 7) is 9.15. The van der Waals surface area contributed by atoms with Gasteiger partial charge in [-0.25, -0.2) is 0 Å². The van der Waals surface area contributed by atoms with Gasteiger partial charge in [-0.05, 0) is 40.0 Å². The fourth-order valence-corrected chi connectivity index (χ4v) is 2.11. The largest absolute Gasteiger partial charge is 0.375 e. The quantitative estimate of drug-likeness (QED) is 0.784. The molecule has 3 N–H and O–H groups in total. The van der Waals surface area contributed by atoms with Crippen molar-refractivity contribution in [3.63, 3.8) is 0 Å². The molecule has 4 heteroatoms. The Bertz CT molecular complexity index is 273. The van der Waals surface area contributed by atoms with Crippen molar-refractivity contribution < 1.29 is 9.53 Å². The molecule has 17 heavy (non-hydrogen) atoms. The summed E-state index contributed by atoms with van der Waals surface area (Å²) in [6.07, 6.45) is 2.52. The molecule has 1 aliphatic rings. The molecule has 0 aliphatic carbocycles. The van der Waals surface area contributed by atoms with Gasteiger partial charge in [-0.15, -0.1) is 0 Å². The van der Waals surface area contributed by atoms with Crippen molar-refractivity contribution in [1.82, 2.24) is 5.32 Å². The molecule has 100 valence electrons. The van der Waals surface area contributed by atoms with Crippen LogP contribution in [0, 0.1) is 5.41 Å². The van der Waals surface area contributed by atoms with Crippen LogP contribution < -0.4 is 11.1 Å². The van der Waals surface area contributed by atoms with E-state index < -0.39 is 5.41 Å². The van der Waals surface area contributed by atoms with Gasteiger partial charge >= 0.3 is 0 Å². The molecule has 2 unspecified atom stereocenters. The minimum absolute atomic E-state index is 0.0743. The first-order chi connectivity index (χ1) is 7.83. The average molecular weight is 242 g/mol. The van der Waals surface area contributed by atoms with Gasteiger partial charge in [0.2, 0.25) is 5.91 Å². The fourth-order valence-electron chi connectivity index (χ4n) is 2.11. The standard InChI is InChI=1S/C13H26N2O2/c1-5-13(4,9-14)11(16)15-10-6-7-17-12(2,3)8-10/h10H,5-9,14H2,1-4H3,(H,15,16). The van der Waals surface area contributed by atoms with Crippen molar-refractivity contribution >= 4 is 5.91 Å². The van der Waals surface area contributed by atoms with E-state index >= 15 is 0 Å². The molecule has 1 aliphatic heterocycles. The first-order valence-electron chi connectivity index (χ1n) is 6.48. The van der Waals surface area contributed by atoms with Gasteiger partial charge in [0.25, 0.3) is 0 Å². The zero-order valence-electron chi connectivity index (χ0n) is 11.5. The fraction of sp³-hybridized carbons (Fsp3) is 0.923. The van der Waals surface area contributed by atoms with Crippen LogP contribution in [-0.4, -0.2) is 30.7 Å². The van der Waals surface area contributed by atoms with Crippen molar-refractivity contribution in [2.24, 2.45) is 11.1 Å².